The number of hydrogen-bond donors (Lipinski definition) is 1. The smallest absolute Gasteiger partial charge is 0.268 e. The normalized spacial score (nSPS) is 15.0. The van der Waals surface area contributed by atoms with Crippen LogP contribution in [0, 0.1) is 6.92 Å². The fourth-order valence-corrected chi connectivity index (χ4v) is 4.56. The molecule has 5 rings (SSSR count). The zero-order valence-electron chi connectivity index (χ0n) is 16.9. The maximum Gasteiger partial charge on any atom is 0.268 e. The largest absolute Gasteiger partial charge is 0.368 e. The van der Waals surface area contributed by atoms with Gasteiger partial charge in [-0.1, -0.05) is 12.1 Å². The number of nitrogens with two attached hydrogens (primary N) is 1. The summed E-state index contributed by atoms with van der Waals surface area (Å²) < 4.78 is 1.63. The van der Waals surface area contributed by atoms with Crippen molar-refractivity contribution in [1.82, 2.24) is 19.4 Å². The van der Waals surface area contributed by atoms with E-state index in [0.29, 0.717) is 25.1 Å². The molecule has 1 aliphatic carbocycles. The number of aromatic nitrogens is 3. The van der Waals surface area contributed by atoms with Gasteiger partial charge in [0.2, 0.25) is 5.95 Å². The highest BCUT2D eigenvalue weighted by Gasteiger charge is 2.27. The van der Waals surface area contributed by atoms with Crippen LogP contribution in [0.15, 0.2) is 41.5 Å². The van der Waals surface area contributed by atoms with Gasteiger partial charge in [-0.15, -0.1) is 0 Å². The topological polar surface area (TPSA) is 94.1 Å². The van der Waals surface area contributed by atoms with Gasteiger partial charge in [0.25, 0.3) is 11.5 Å². The molecule has 3 aromatic rings. The van der Waals surface area contributed by atoms with E-state index < -0.39 is 0 Å². The van der Waals surface area contributed by atoms with E-state index in [1.807, 2.05) is 25.1 Å². The molecule has 2 aliphatic rings. The minimum absolute atomic E-state index is 0.230. The summed E-state index contributed by atoms with van der Waals surface area (Å²) in [5, 5.41) is 0. The molecule has 1 aliphatic heterocycles. The third-order valence-electron chi connectivity index (χ3n) is 6.13. The Hall–Kier alpha value is -3.48. The van der Waals surface area contributed by atoms with Crippen LogP contribution in [-0.2, 0) is 25.8 Å². The summed E-state index contributed by atoms with van der Waals surface area (Å²) in [4.78, 5) is 36.8. The number of carbonyl (C=O) groups excluding carboxylic acids is 1. The lowest BCUT2D eigenvalue weighted by Gasteiger charge is -2.28. The first-order chi connectivity index (χ1) is 14.5. The standard InChI is InChI=1S/C23H23N5O2/c1-14-8-11-28(19-7-3-5-15-4-2-6-17(15)19)22(30)20(14)21(29)27-10-9-18-16(13-27)12-25-23(24)26-18/h3,5,7-8,11-12H,2,4,6,9-10,13H2,1H3,(H2,24,25,26). The summed E-state index contributed by atoms with van der Waals surface area (Å²) in [5.41, 5.74) is 11.5. The number of nitrogens with zero attached hydrogens (tertiary/aromatic N) is 4. The number of rotatable bonds is 2. The van der Waals surface area contributed by atoms with Crippen molar-refractivity contribution in [2.45, 2.75) is 39.2 Å². The molecule has 1 amide bonds. The third kappa shape index (κ3) is 2.98. The fraction of sp³-hybridized carbons (Fsp3) is 0.304. The first-order valence-electron chi connectivity index (χ1n) is 10.3. The van der Waals surface area contributed by atoms with E-state index in [2.05, 4.69) is 16.0 Å². The van der Waals surface area contributed by atoms with E-state index in [9.17, 15) is 9.59 Å². The number of fused-ring (bicyclic) bond motifs is 2. The van der Waals surface area contributed by atoms with Gasteiger partial charge < -0.3 is 10.6 Å². The van der Waals surface area contributed by atoms with Crippen molar-refractivity contribution in [2.75, 3.05) is 12.3 Å². The van der Waals surface area contributed by atoms with Crippen molar-refractivity contribution in [1.29, 1.82) is 0 Å². The zero-order chi connectivity index (χ0) is 20.8. The van der Waals surface area contributed by atoms with Crippen LogP contribution >= 0.6 is 0 Å². The number of anilines is 1. The third-order valence-corrected chi connectivity index (χ3v) is 6.13. The number of aryl methyl sites for hydroxylation is 2. The van der Waals surface area contributed by atoms with Crippen LogP contribution in [0.2, 0.25) is 0 Å². The van der Waals surface area contributed by atoms with Crippen molar-refractivity contribution < 1.29 is 4.79 Å². The molecule has 30 heavy (non-hydrogen) atoms. The van der Waals surface area contributed by atoms with Crippen molar-refractivity contribution in [3.05, 3.63) is 80.5 Å². The molecule has 7 nitrogen and oxygen atoms in total. The zero-order valence-corrected chi connectivity index (χ0v) is 16.9. The van der Waals surface area contributed by atoms with Crippen molar-refractivity contribution in [3.8, 4) is 5.69 Å². The van der Waals surface area contributed by atoms with Gasteiger partial charge >= 0.3 is 0 Å². The number of pyridine rings is 1. The molecule has 0 radical (unpaired) electrons. The van der Waals surface area contributed by atoms with Gasteiger partial charge in [-0.25, -0.2) is 9.97 Å². The summed E-state index contributed by atoms with van der Waals surface area (Å²) >= 11 is 0. The highest BCUT2D eigenvalue weighted by atomic mass is 16.2. The summed E-state index contributed by atoms with van der Waals surface area (Å²) in [6.45, 7) is 2.69. The minimum Gasteiger partial charge on any atom is -0.368 e. The van der Waals surface area contributed by atoms with Gasteiger partial charge in [-0.2, -0.15) is 0 Å². The van der Waals surface area contributed by atoms with Gasteiger partial charge in [-0.3, -0.25) is 14.2 Å². The summed E-state index contributed by atoms with van der Waals surface area (Å²) in [6, 6.07) is 7.93. The summed E-state index contributed by atoms with van der Waals surface area (Å²) in [5.74, 6) is -0.00684. The number of amides is 1. The van der Waals surface area contributed by atoms with Crippen molar-refractivity contribution >= 4 is 11.9 Å². The highest BCUT2D eigenvalue weighted by molar-refractivity contribution is 5.95. The Labute approximate surface area is 174 Å². The fourth-order valence-electron chi connectivity index (χ4n) is 4.56. The molecule has 0 spiro atoms. The van der Waals surface area contributed by atoms with Crippen LogP contribution in [0.1, 0.15) is 44.7 Å². The molecule has 0 bridgehead atoms. The molecule has 3 heterocycles. The Bertz CT molecular complexity index is 1230. The number of hydrogen-bond acceptors (Lipinski definition) is 5. The molecule has 152 valence electrons. The van der Waals surface area contributed by atoms with E-state index in [0.717, 1.165) is 36.2 Å². The Morgan fingerprint density at radius 2 is 2.00 bits per heavy atom. The van der Waals surface area contributed by atoms with Crippen LogP contribution < -0.4 is 11.3 Å². The second-order valence-electron chi connectivity index (χ2n) is 7.99. The van der Waals surface area contributed by atoms with Crippen LogP contribution in [0.4, 0.5) is 5.95 Å². The average Bonchev–Trinajstić information content (AvgIpc) is 3.22. The number of benzene rings is 1. The van der Waals surface area contributed by atoms with Crippen LogP contribution in [-0.4, -0.2) is 31.9 Å². The molecule has 1 aromatic carbocycles. The van der Waals surface area contributed by atoms with Crippen LogP contribution in [0.25, 0.3) is 5.69 Å². The van der Waals surface area contributed by atoms with Gasteiger partial charge in [0.1, 0.15) is 5.56 Å². The predicted octanol–water partition coefficient (Wildman–Crippen LogP) is 2.21. The number of carbonyl (C=O) groups is 1. The average molecular weight is 401 g/mol. The Kier molecular flexibility index (Phi) is 4.38. The van der Waals surface area contributed by atoms with E-state index in [1.165, 1.54) is 11.1 Å². The number of nitrogen functional groups attached to an aromatic ring is 1. The van der Waals surface area contributed by atoms with E-state index in [-0.39, 0.29) is 23.0 Å². The van der Waals surface area contributed by atoms with Crippen molar-refractivity contribution in [3.63, 3.8) is 0 Å². The minimum atomic E-state index is -0.264. The summed E-state index contributed by atoms with van der Waals surface area (Å²) in [7, 11) is 0. The first kappa shape index (κ1) is 18.5. The quantitative estimate of drug-likeness (QED) is 0.710. The Morgan fingerprint density at radius 1 is 1.13 bits per heavy atom. The van der Waals surface area contributed by atoms with Gasteiger partial charge in [-0.05, 0) is 55.0 Å². The monoisotopic (exact) mass is 401 g/mol. The van der Waals surface area contributed by atoms with E-state index in [4.69, 9.17) is 5.73 Å². The van der Waals surface area contributed by atoms with Gasteiger partial charge in [0.05, 0.1) is 11.4 Å². The van der Waals surface area contributed by atoms with Gasteiger partial charge in [0, 0.05) is 37.5 Å². The Morgan fingerprint density at radius 3 is 2.87 bits per heavy atom. The predicted molar refractivity (Wildman–Crippen MR) is 114 cm³/mol. The van der Waals surface area contributed by atoms with E-state index >= 15 is 0 Å². The second kappa shape index (κ2) is 7.09. The second-order valence-corrected chi connectivity index (χ2v) is 7.99. The Balaban J connectivity index is 1.53. The molecule has 2 aromatic heterocycles. The highest BCUT2D eigenvalue weighted by Crippen LogP contribution is 2.27. The molecular formula is C23H23N5O2. The molecule has 0 saturated carbocycles. The maximum atomic E-state index is 13.4. The molecule has 2 N–H and O–H groups in total. The maximum absolute atomic E-state index is 13.4. The molecule has 0 atom stereocenters. The first-order valence-corrected chi connectivity index (χ1v) is 10.3. The lowest BCUT2D eigenvalue weighted by molar-refractivity contribution is 0.0730. The lowest BCUT2D eigenvalue weighted by atomic mass is 10.0. The molecular weight excluding hydrogens is 378 g/mol. The van der Waals surface area contributed by atoms with Crippen LogP contribution in [0.3, 0.4) is 0 Å². The lowest BCUT2D eigenvalue weighted by Crippen LogP contribution is -2.40. The molecule has 0 saturated heterocycles. The van der Waals surface area contributed by atoms with E-state index in [1.54, 1.807) is 21.9 Å². The molecule has 0 unspecified atom stereocenters. The SMILES string of the molecule is Cc1ccn(-c2cccc3c2CCC3)c(=O)c1C(=O)N1CCc2nc(N)ncc2C1. The van der Waals surface area contributed by atoms with Crippen LogP contribution in [0.5, 0.6) is 0 Å². The molecule has 7 heteroatoms. The van der Waals surface area contributed by atoms with Crippen molar-refractivity contribution in [2.24, 2.45) is 0 Å². The summed E-state index contributed by atoms with van der Waals surface area (Å²) in [6.07, 6.45) is 7.14. The van der Waals surface area contributed by atoms with Gasteiger partial charge in [0.15, 0.2) is 0 Å². The molecule has 0 fully saturated rings.